The van der Waals surface area contributed by atoms with Crippen molar-refractivity contribution in [3.63, 3.8) is 0 Å². The summed E-state index contributed by atoms with van der Waals surface area (Å²) in [4.78, 5) is -0.251. The molecular weight excluding hydrogens is 425 g/mol. The van der Waals surface area contributed by atoms with Gasteiger partial charge in [0.05, 0.1) is 23.4 Å². The molecule has 8 nitrogen and oxygen atoms in total. The maximum atomic E-state index is 13.5. The Bertz CT molecular complexity index is 1260. The lowest BCUT2D eigenvalue weighted by Crippen LogP contribution is -2.12. The lowest BCUT2D eigenvalue weighted by molar-refractivity contribution is -0.141. The maximum absolute atomic E-state index is 13.5. The smallest absolute Gasteiger partial charge is 0.436 e. The van der Waals surface area contributed by atoms with Gasteiger partial charge in [-0.15, -0.1) is 0 Å². The number of halogens is 3. The van der Waals surface area contributed by atoms with E-state index in [-0.39, 0.29) is 33.3 Å². The third-order valence-electron chi connectivity index (χ3n) is 4.13. The first-order chi connectivity index (χ1) is 14.0. The van der Waals surface area contributed by atoms with Crippen LogP contribution in [0.25, 0.3) is 16.9 Å². The number of benzene rings is 2. The van der Waals surface area contributed by atoms with Crippen molar-refractivity contribution in [2.75, 3.05) is 7.11 Å². The Morgan fingerprint density at radius 1 is 1.20 bits per heavy atom. The average Bonchev–Trinajstić information content (AvgIpc) is 3.07. The number of hydrogen-bond donors (Lipinski definition) is 2. The fourth-order valence-corrected chi connectivity index (χ4v) is 3.31. The number of aromatic nitrogens is 2. The van der Waals surface area contributed by atoms with Crippen LogP contribution in [0.4, 0.5) is 13.2 Å². The molecule has 2 aromatic carbocycles. The zero-order chi connectivity index (χ0) is 22.3. The number of hydrogen-bond acceptors (Lipinski definition) is 6. The van der Waals surface area contributed by atoms with Gasteiger partial charge >= 0.3 is 6.18 Å². The quantitative estimate of drug-likeness (QED) is 0.644. The minimum absolute atomic E-state index is 0.0414. The molecule has 3 aromatic rings. The third kappa shape index (κ3) is 3.80. The highest BCUT2D eigenvalue weighted by Crippen LogP contribution is 2.39. The van der Waals surface area contributed by atoms with E-state index in [1.807, 2.05) is 0 Å². The summed E-state index contributed by atoms with van der Waals surface area (Å²) in [5.74, 6) is -0.276. The van der Waals surface area contributed by atoms with Crippen molar-refractivity contribution in [2.24, 2.45) is 5.14 Å². The number of rotatable bonds is 4. The maximum Gasteiger partial charge on any atom is 0.436 e. The Morgan fingerprint density at radius 2 is 1.83 bits per heavy atom. The van der Waals surface area contributed by atoms with Crippen LogP contribution in [-0.2, 0) is 16.2 Å². The van der Waals surface area contributed by atoms with Gasteiger partial charge in [-0.3, -0.25) is 0 Å². The number of nitrogens with zero attached hydrogens (tertiary/aromatic N) is 3. The Morgan fingerprint density at radius 3 is 2.30 bits per heavy atom. The molecule has 0 aliphatic carbocycles. The molecule has 0 spiro atoms. The van der Waals surface area contributed by atoms with Crippen molar-refractivity contribution < 1.29 is 31.4 Å². The molecule has 0 saturated heterocycles. The van der Waals surface area contributed by atoms with E-state index in [1.165, 1.54) is 37.4 Å². The Balaban J connectivity index is 2.31. The Hall–Kier alpha value is -3.56. The van der Waals surface area contributed by atoms with Gasteiger partial charge in [0.2, 0.25) is 10.0 Å². The molecule has 0 saturated carbocycles. The van der Waals surface area contributed by atoms with Crippen LogP contribution in [0.2, 0.25) is 0 Å². The summed E-state index contributed by atoms with van der Waals surface area (Å²) in [6.07, 6.45) is -4.93. The summed E-state index contributed by atoms with van der Waals surface area (Å²) in [7, 11) is -2.72. The largest absolute Gasteiger partial charge is 0.504 e. The number of phenolic OH excluding ortho intramolecular Hbond substituents is 1. The summed E-state index contributed by atoms with van der Waals surface area (Å²) < 4.78 is 69.1. The van der Waals surface area contributed by atoms with Crippen LogP contribution in [0, 0.1) is 11.3 Å². The molecule has 30 heavy (non-hydrogen) atoms. The molecule has 0 amide bonds. The minimum Gasteiger partial charge on any atom is -0.504 e. The van der Waals surface area contributed by atoms with Gasteiger partial charge < -0.3 is 9.84 Å². The second kappa shape index (κ2) is 7.36. The molecule has 1 aromatic heterocycles. The first kappa shape index (κ1) is 21.2. The van der Waals surface area contributed by atoms with Crippen LogP contribution in [0.15, 0.2) is 47.4 Å². The second-order valence-corrected chi connectivity index (χ2v) is 7.58. The normalized spacial score (nSPS) is 11.9. The molecule has 3 N–H and O–H groups in total. The number of phenols is 1. The minimum atomic E-state index is -4.93. The molecule has 0 aliphatic rings. The van der Waals surface area contributed by atoms with Gasteiger partial charge in [0.1, 0.15) is 11.6 Å². The first-order valence-electron chi connectivity index (χ1n) is 8.08. The molecule has 3 rings (SSSR count). The van der Waals surface area contributed by atoms with Gasteiger partial charge in [0, 0.05) is 5.56 Å². The topological polar surface area (TPSA) is 131 Å². The van der Waals surface area contributed by atoms with Crippen LogP contribution in [0.1, 0.15) is 11.3 Å². The number of ether oxygens (including phenoxy) is 1. The van der Waals surface area contributed by atoms with Crippen molar-refractivity contribution in [2.45, 2.75) is 11.1 Å². The highest BCUT2D eigenvalue weighted by atomic mass is 32.2. The molecule has 1 heterocycles. The summed E-state index contributed by atoms with van der Waals surface area (Å²) in [6, 6.07) is 9.90. The molecule has 12 heteroatoms. The summed E-state index contributed by atoms with van der Waals surface area (Å²) in [5.41, 5.74) is -2.33. The monoisotopic (exact) mass is 438 g/mol. The molecule has 0 unspecified atom stereocenters. The molecule has 0 aliphatic heterocycles. The van der Waals surface area contributed by atoms with E-state index in [1.54, 1.807) is 0 Å². The van der Waals surface area contributed by atoms with Crippen LogP contribution in [0.5, 0.6) is 11.5 Å². The van der Waals surface area contributed by atoms with Crippen LogP contribution < -0.4 is 9.88 Å². The molecular formula is C18H13F3N4O4S. The van der Waals surface area contributed by atoms with Gasteiger partial charge in [-0.25, -0.2) is 18.2 Å². The zero-order valence-corrected chi connectivity index (χ0v) is 16.0. The van der Waals surface area contributed by atoms with Gasteiger partial charge in [-0.05, 0) is 42.5 Å². The number of alkyl halides is 3. The number of primary sulfonamides is 1. The Labute approximate surface area is 168 Å². The first-order valence-corrected chi connectivity index (χ1v) is 9.63. The van der Waals surface area contributed by atoms with Crippen molar-refractivity contribution in [3.05, 3.63) is 53.7 Å². The third-order valence-corrected chi connectivity index (χ3v) is 5.06. The van der Waals surface area contributed by atoms with E-state index in [4.69, 9.17) is 9.88 Å². The van der Waals surface area contributed by atoms with E-state index < -0.39 is 27.5 Å². The van der Waals surface area contributed by atoms with Crippen LogP contribution >= 0.6 is 0 Å². The highest BCUT2D eigenvalue weighted by Gasteiger charge is 2.40. The predicted molar refractivity (Wildman–Crippen MR) is 98.3 cm³/mol. The van der Waals surface area contributed by atoms with Crippen molar-refractivity contribution in [3.8, 4) is 34.5 Å². The number of sulfonamides is 1. The standard InChI is InChI=1S/C18H13F3N4O4S/c1-29-15-7-2-10(8-14(15)26)16-13(9-22)17(18(19,20)21)24-25(16)11-3-5-12(6-4-11)30(23,27)28/h2-8,26H,1H3,(H2,23,27,28). The molecule has 0 bridgehead atoms. The fraction of sp³-hybridized carbons (Fsp3) is 0.111. The Kier molecular flexibility index (Phi) is 5.19. The van der Waals surface area contributed by atoms with Gasteiger partial charge in [-0.2, -0.15) is 23.5 Å². The van der Waals surface area contributed by atoms with E-state index >= 15 is 0 Å². The molecule has 0 fully saturated rings. The van der Waals surface area contributed by atoms with E-state index in [2.05, 4.69) is 5.10 Å². The number of methoxy groups -OCH3 is 1. The van der Waals surface area contributed by atoms with Gasteiger partial charge in [0.15, 0.2) is 17.2 Å². The summed E-state index contributed by atoms with van der Waals surface area (Å²) in [6.45, 7) is 0. The fourth-order valence-electron chi connectivity index (χ4n) is 2.79. The summed E-state index contributed by atoms with van der Waals surface area (Å²) >= 11 is 0. The van der Waals surface area contributed by atoms with E-state index in [9.17, 15) is 32.0 Å². The van der Waals surface area contributed by atoms with Gasteiger partial charge in [-0.1, -0.05) is 0 Å². The molecule has 0 radical (unpaired) electrons. The van der Waals surface area contributed by atoms with Crippen LogP contribution in [0.3, 0.4) is 0 Å². The van der Waals surface area contributed by atoms with Crippen molar-refractivity contribution in [1.29, 1.82) is 5.26 Å². The molecule has 0 atom stereocenters. The lowest BCUT2D eigenvalue weighted by atomic mass is 10.1. The average molecular weight is 438 g/mol. The van der Waals surface area contributed by atoms with E-state index in [0.717, 1.165) is 22.9 Å². The zero-order valence-electron chi connectivity index (χ0n) is 15.2. The highest BCUT2D eigenvalue weighted by molar-refractivity contribution is 7.89. The number of nitriles is 1. The predicted octanol–water partition coefficient (Wildman–Crippen LogP) is 2.79. The van der Waals surface area contributed by atoms with Crippen molar-refractivity contribution in [1.82, 2.24) is 9.78 Å². The van der Waals surface area contributed by atoms with Gasteiger partial charge in [0.25, 0.3) is 0 Å². The SMILES string of the molecule is COc1ccc(-c2c(C#N)c(C(F)(F)F)nn2-c2ccc(S(N)(=O)=O)cc2)cc1O. The number of aromatic hydroxyl groups is 1. The van der Waals surface area contributed by atoms with Crippen molar-refractivity contribution >= 4 is 10.0 Å². The van der Waals surface area contributed by atoms with Crippen LogP contribution in [-0.4, -0.2) is 30.4 Å². The second-order valence-electron chi connectivity index (χ2n) is 6.02. The van der Waals surface area contributed by atoms with E-state index in [0.29, 0.717) is 0 Å². The lowest BCUT2D eigenvalue weighted by Gasteiger charge is -2.10. The molecule has 156 valence electrons. The summed E-state index contributed by atoms with van der Waals surface area (Å²) in [5, 5.41) is 28.0. The number of nitrogens with two attached hydrogens (primary N) is 1.